The summed E-state index contributed by atoms with van der Waals surface area (Å²) in [6, 6.07) is 14.6. The van der Waals surface area contributed by atoms with Crippen LogP contribution in [0.2, 0.25) is 0 Å². The summed E-state index contributed by atoms with van der Waals surface area (Å²) in [6.45, 7) is 10.4. The summed E-state index contributed by atoms with van der Waals surface area (Å²) in [5.41, 5.74) is 2.40. The van der Waals surface area contributed by atoms with Crippen molar-refractivity contribution in [2.75, 3.05) is 6.26 Å². The van der Waals surface area contributed by atoms with E-state index in [-0.39, 0.29) is 16.1 Å². The van der Waals surface area contributed by atoms with E-state index in [0.29, 0.717) is 29.7 Å². The van der Waals surface area contributed by atoms with Crippen molar-refractivity contribution >= 4 is 27.0 Å². The smallest absolute Gasteiger partial charge is 0.210 e. The number of hydrogen-bond donors (Lipinski definition) is 0. The molecule has 0 spiro atoms. The van der Waals surface area contributed by atoms with Gasteiger partial charge in [0.1, 0.15) is 5.76 Å². The van der Waals surface area contributed by atoms with Crippen LogP contribution in [-0.4, -0.2) is 26.1 Å². The fourth-order valence-electron chi connectivity index (χ4n) is 3.79. The Labute approximate surface area is 179 Å². The van der Waals surface area contributed by atoms with Gasteiger partial charge in [0.25, 0.3) is 0 Å². The van der Waals surface area contributed by atoms with Gasteiger partial charge in [-0.3, -0.25) is 4.79 Å². The maximum absolute atomic E-state index is 13.5. The summed E-state index contributed by atoms with van der Waals surface area (Å²) < 4.78 is 29.9. The number of Topliss-reactive ketones (excluding diaryl/α,β-unsaturated/α-hetero) is 1. The molecule has 160 valence electrons. The molecule has 0 saturated carbocycles. The van der Waals surface area contributed by atoms with Crippen LogP contribution in [0, 0.1) is 0 Å². The molecule has 0 radical (unpaired) electrons. The molecule has 0 bridgehead atoms. The van der Waals surface area contributed by atoms with Crippen molar-refractivity contribution in [2.24, 2.45) is 0 Å². The lowest BCUT2D eigenvalue weighted by atomic mass is 9.84. The lowest BCUT2D eigenvalue weighted by Crippen LogP contribution is -2.35. The monoisotopic (exact) mass is 426 g/mol. The number of ketones is 1. The van der Waals surface area contributed by atoms with Crippen LogP contribution in [-0.2, 0) is 24.8 Å². The van der Waals surface area contributed by atoms with Gasteiger partial charge in [-0.15, -0.1) is 0 Å². The molecule has 30 heavy (non-hydrogen) atoms. The van der Waals surface area contributed by atoms with Crippen molar-refractivity contribution in [3.63, 3.8) is 0 Å². The average Bonchev–Trinajstić information content (AvgIpc) is 3.00. The van der Waals surface area contributed by atoms with Crippen LogP contribution in [0.5, 0.6) is 0 Å². The highest BCUT2D eigenvalue weighted by atomic mass is 32.2. The molecule has 0 aliphatic carbocycles. The molecule has 1 aliphatic rings. The third kappa shape index (κ3) is 3.95. The van der Waals surface area contributed by atoms with Gasteiger partial charge in [0.2, 0.25) is 5.78 Å². The molecule has 0 unspecified atom stereocenters. The van der Waals surface area contributed by atoms with Gasteiger partial charge in [-0.05, 0) is 53.6 Å². The summed E-state index contributed by atoms with van der Waals surface area (Å²) in [5, 5.41) is 0. The second kappa shape index (κ2) is 7.69. The molecule has 1 heterocycles. The van der Waals surface area contributed by atoms with Crippen LogP contribution in [0.3, 0.4) is 0 Å². The molecule has 4 nitrogen and oxygen atoms in total. The van der Waals surface area contributed by atoms with Gasteiger partial charge < -0.3 is 4.74 Å². The normalized spacial score (nSPS) is 16.7. The molecular formula is C25H30O4S. The Balaban J connectivity index is 2.16. The first-order valence-electron chi connectivity index (χ1n) is 10.3. The van der Waals surface area contributed by atoms with E-state index in [2.05, 4.69) is 32.9 Å². The number of carbonyl (C=O) groups is 1. The number of carbonyl (C=O) groups excluding carboxylic acids is 1. The zero-order valence-electron chi connectivity index (χ0n) is 18.6. The van der Waals surface area contributed by atoms with Crippen LogP contribution in [0.15, 0.2) is 53.4 Å². The maximum atomic E-state index is 13.5. The van der Waals surface area contributed by atoms with Crippen molar-refractivity contribution in [3.8, 4) is 0 Å². The molecule has 0 saturated heterocycles. The van der Waals surface area contributed by atoms with Gasteiger partial charge in [0.15, 0.2) is 15.4 Å². The van der Waals surface area contributed by atoms with E-state index < -0.39 is 15.4 Å². The molecule has 0 N–H and O–H groups in total. The molecule has 2 aromatic rings. The van der Waals surface area contributed by atoms with Crippen LogP contribution >= 0.6 is 0 Å². The highest BCUT2D eigenvalue weighted by Crippen LogP contribution is 2.45. The molecule has 1 aliphatic heterocycles. The minimum atomic E-state index is -3.29. The molecular weight excluding hydrogens is 396 g/mol. The third-order valence-electron chi connectivity index (χ3n) is 5.89. The lowest BCUT2D eigenvalue weighted by molar-refractivity contribution is -0.128. The van der Waals surface area contributed by atoms with Crippen molar-refractivity contribution in [1.82, 2.24) is 0 Å². The Kier molecular flexibility index (Phi) is 5.72. The summed E-state index contributed by atoms with van der Waals surface area (Å²) in [7, 11) is -3.29. The van der Waals surface area contributed by atoms with Crippen LogP contribution in [0.4, 0.5) is 0 Å². The van der Waals surface area contributed by atoms with E-state index >= 15 is 0 Å². The molecule has 0 aromatic heterocycles. The first kappa shape index (κ1) is 22.3. The van der Waals surface area contributed by atoms with Crippen LogP contribution < -0.4 is 0 Å². The predicted octanol–water partition coefficient (Wildman–Crippen LogP) is 5.41. The molecule has 0 fully saturated rings. The standard InChI is InChI=1S/C25H30O4S/c1-7-25(8-2)23(26)21(17-9-13-19(14-10-17)24(3,4)5)22(29-25)18-11-15-20(16-12-18)30(6,27)28/h9-16H,7-8H2,1-6H3. The Morgan fingerprint density at radius 1 is 0.867 bits per heavy atom. The third-order valence-corrected chi connectivity index (χ3v) is 7.02. The summed E-state index contributed by atoms with van der Waals surface area (Å²) in [5.74, 6) is 0.505. The van der Waals surface area contributed by atoms with Crippen LogP contribution in [0.25, 0.3) is 11.3 Å². The predicted molar refractivity (Wildman–Crippen MR) is 121 cm³/mol. The van der Waals surface area contributed by atoms with Gasteiger partial charge in [-0.1, -0.05) is 58.9 Å². The van der Waals surface area contributed by atoms with Gasteiger partial charge >= 0.3 is 0 Å². The van der Waals surface area contributed by atoms with Crippen molar-refractivity contribution in [1.29, 1.82) is 0 Å². The summed E-state index contributed by atoms with van der Waals surface area (Å²) in [4.78, 5) is 13.7. The lowest BCUT2D eigenvalue weighted by Gasteiger charge is -2.25. The first-order valence-corrected chi connectivity index (χ1v) is 12.2. The zero-order chi connectivity index (χ0) is 22.3. The second-order valence-electron chi connectivity index (χ2n) is 8.96. The summed E-state index contributed by atoms with van der Waals surface area (Å²) in [6.07, 6.45) is 2.31. The number of hydrogen-bond acceptors (Lipinski definition) is 4. The van der Waals surface area contributed by atoms with Gasteiger partial charge in [0, 0.05) is 11.8 Å². The van der Waals surface area contributed by atoms with Crippen LogP contribution in [0.1, 0.15) is 64.2 Å². The average molecular weight is 427 g/mol. The Morgan fingerprint density at radius 3 is 1.80 bits per heavy atom. The topological polar surface area (TPSA) is 60.4 Å². The fraction of sp³-hybridized carbons (Fsp3) is 0.400. The van der Waals surface area contributed by atoms with E-state index in [1.54, 1.807) is 24.3 Å². The number of sulfone groups is 1. The minimum absolute atomic E-state index is 0.0156. The second-order valence-corrected chi connectivity index (χ2v) is 11.0. The maximum Gasteiger partial charge on any atom is 0.210 e. The zero-order valence-corrected chi connectivity index (χ0v) is 19.4. The Hall–Kier alpha value is -2.40. The Bertz CT molecular complexity index is 1080. The quantitative estimate of drug-likeness (QED) is 0.641. The van der Waals surface area contributed by atoms with Crippen molar-refractivity contribution in [3.05, 3.63) is 65.2 Å². The van der Waals surface area contributed by atoms with Gasteiger partial charge in [0.05, 0.1) is 10.5 Å². The van der Waals surface area contributed by atoms with E-state index in [9.17, 15) is 13.2 Å². The highest BCUT2D eigenvalue weighted by Gasteiger charge is 2.47. The number of benzene rings is 2. The highest BCUT2D eigenvalue weighted by molar-refractivity contribution is 7.90. The van der Waals surface area contributed by atoms with E-state index in [0.717, 1.165) is 5.56 Å². The van der Waals surface area contributed by atoms with E-state index in [1.807, 2.05) is 26.0 Å². The van der Waals surface area contributed by atoms with E-state index in [4.69, 9.17) is 4.74 Å². The minimum Gasteiger partial charge on any atom is -0.478 e. The van der Waals surface area contributed by atoms with Crippen molar-refractivity contribution in [2.45, 2.75) is 63.4 Å². The number of rotatable bonds is 5. The summed E-state index contributed by atoms with van der Waals surface area (Å²) >= 11 is 0. The van der Waals surface area contributed by atoms with E-state index in [1.165, 1.54) is 11.8 Å². The molecule has 5 heteroatoms. The largest absolute Gasteiger partial charge is 0.478 e. The van der Waals surface area contributed by atoms with Gasteiger partial charge in [-0.2, -0.15) is 0 Å². The molecule has 0 amide bonds. The molecule has 0 atom stereocenters. The first-order chi connectivity index (χ1) is 13.9. The Morgan fingerprint density at radius 2 is 1.37 bits per heavy atom. The van der Waals surface area contributed by atoms with Gasteiger partial charge in [-0.25, -0.2) is 8.42 Å². The number of ether oxygens (including phenoxy) is 1. The molecule has 2 aromatic carbocycles. The SMILES string of the molecule is CCC1(CC)OC(c2ccc(S(C)(=O)=O)cc2)=C(c2ccc(C(C)(C)C)cc2)C1=O. The van der Waals surface area contributed by atoms with Crippen molar-refractivity contribution < 1.29 is 17.9 Å². The fourth-order valence-corrected chi connectivity index (χ4v) is 4.43. The molecule has 3 rings (SSSR count).